The normalized spacial score (nSPS) is 11.4. The molecule has 0 aliphatic heterocycles. The summed E-state index contributed by atoms with van der Waals surface area (Å²) >= 11 is 0. The van der Waals surface area contributed by atoms with Gasteiger partial charge in [-0.3, -0.25) is 8.85 Å². The maximum Gasteiger partial charge on any atom is 0.315 e. The molecule has 0 unspecified atom stereocenters. The van der Waals surface area contributed by atoms with Gasteiger partial charge in [0.05, 0.1) is 11.1 Å². The van der Waals surface area contributed by atoms with Crippen LogP contribution in [-0.2, 0) is 0 Å². The van der Waals surface area contributed by atoms with Crippen molar-refractivity contribution in [2.75, 3.05) is 14.2 Å². The highest BCUT2D eigenvalue weighted by molar-refractivity contribution is 5.94. The maximum absolute atomic E-state index is 5.12. The van der Waals surface area contributed by atoms with Gasteiger partial charge in [-0.15, -0.1) is 0 Å². The van der Waals surface area contributed by atoms with Gasteiger partial charge in [0.25, 0.3) is 14.2 Å². The van der Waals surface area contributed by atoms with Gasteiger partial charge in [0.1, 0.15) is 0 Å². The third-order valence-corrected chi connectivity index (χ3v) is 2.70. The zero-order valence-electron chi connectivity index (χ0n) is 10.6. The molecule has 90 valence electrons. The van der Waals surface area contributed by atoms with Gasteiger partial charge < -0.3 is 0 Å². The van der Waals surface area contributed by atoms with Crippen LogP contribution in [0.4, 0.5) is 0 Å². The SMILES string of the molecule is C[O+]=Cc1ccccc1-c1ccccc1C=[O+]C. The van der Waals surface area contributed by atoms with Crippen molar-refractivity contribution < 1.29 is 8.85 Å². The Bertz CT molecular complexity index is 530. The molecule has 0 aliphatic rings. The van der Waals surface area contributed by atoms with E-state index in [9.17, 15) is 0 Å². The highest BCUT2D eigenvalue weighted by atomic mass is 16.4. The minimum absolute atomic E-state index is 1.05. The largest absolute Gasteiger partial charge is 0.315 e. The van der Waals surface area contributed by atoms with Crippen molar-refractivity contribution in [3.8, 4) is 11.1 Å². The van der Waals surface area contributed by atoms with Gasteiger partial charge in [0.15, 0.2) is 0 Å². The lowest BCUT2D eigenvalue weighted by Gasteiger charge is -2.04. The molecule has 0 aromatic heterocycles. The van der Waals surface area contributed by atoms with Gasteiger partial charge in [0.2, 0.25) is 0 Å². The number of hydrogen-bond acceptors (Lipinski definition) is 0. The molecule has 0 heterocycles. The second-order valence-corrected chi connectivity index (χ2v) is 3.88. The Morgan fingerprint density at radius 3 is 1.44 bits per heavy atom. The van der Waals surface area contributed by atoms with E-state index in [-0.39, 0.29) is 0 Å². The van der Waals surface area contributed by atoms with Crippen LogP contribution in [0.2, 0.25) is 0 Å². The van der Waals surface area contributed by atoms with Crippen LogP contribution >= 0.6 is 0 Å². The highest BCUT2D eigenvalue weighted by Crippen LogP contribution is 2.25. The minimum atomic E-state index is 1.05. The first-order chi connectivity index (χ1) is 8.86. The predicted octanol–water partition coefficient (Wildman–Crippen LogP) is 3.31. The number of rotatable bonds is 3. The monoisotopic (exact) mass is 240 g/mol. The lowest BCUT2D eigenvalue weighted by Crippen LogP contribution is -1.92. The zero-order valence-corrected chi connectivity index (χ0v) is 10.6. The average molecular weight is 240 g/mol. The molecule has 0 saturated carbocycles. The number of aldehydes is 2. The molecule has 2 nitrogen and oxygen atoms in total. The van der Waals surface area contributed by atoms with E-state index in [1.54, 1.807) is 26.8 Å². The van der Waals surface area contributed by atoms with Crippen molar-refractivity contribution in [3.05, 3.63) is 59.7 Å². The quantitative estimate of drug-likeness (QED) is 0.580. The Morgan fingerprint density at radius 1 is 0.667 bits per heavy atom. The topological polar surface area (TPSA) is 22.6 Å². The summed E-state index contributed by atoms with van der Waals surface area (Å²) in [7, 11) is 3.31. The molecule has 0 amide bonds. The standard InChI is InChI=1S/C16H16O2/c1-17-11-13-7-3-5-9-15(13)16-10-6-4-8-14(16)12-18-2/h3-12H,1-2H3/q+2. The summed E-state index contributed by atoms with van der Waals surface area (Å²) in [6, 6.07) is 16.2. The van der Waals surface area contributed by atoms with E-state index < -0.39 is 0 Å². The number of benzene rings is 2. The van der Waals surface area contributed by atoms with Crippen molar-refractivity contribution in [3.63, 3.8) is 0 Å². The van der Waals surface area contributed by atoms with Crippen molar-refractivity contribution >= 4 is 12.6 Å². The summed E-state index contributed by atoms with van der Waals surface area (Å²) in [5.74, 6) is 0. The maximum atomic E-state index is 5.12. The minimum Gasteiger partial charge on any atom is -0.265 e. The molecule has 0 radical (unpaired) electrons. The summed E-state index contributed by atoms with van der Waals surface area (Å²) in [5.41, 5.74) is 4.36. The third kappa shape index (κ3) is 2.54. The van der Waals surface area contributed by atoms with Crippen LogP contribution in [0.1, 0.15) is 20.0 Å². The molecule has 2 rings (SSSR count). The van der Waals surface area contributed by atoms with E-state index >= 15 is 0 Å². The van der Waals surface area contributed by atoms with Gasteiger partial charge in [-0.2, -0.15) is 0 Å². The van der Waals surface area contributed by atoms with Crippen LogP contribution in [0, 0.1) is 0 Å². The first-order valence-corrected chi connectivity index (χ1v) is 5.77. The number of hydrogen-bond donors (Lipinski definition) is 0. The van der Waals surface area contributed by atoms with E-state index in [0.29, 0.717) is 0 Å². The predicted molar refractivity (Wildman–Crippen MR) is 74.5 cm³/mol. The Labute approximate surface area is 107 Å². The van der Waals surface area contributed by atoms with Gasteiger partial charge in [-0.25, -0.2) is 0 Å². The molecular formula is C16H16O2+2. The summed E-state index contributed by atoms with van der Waals surface area (Å²) < 4.78 is 10.2. The lowest BCUT2D eigenvalue weighted by molar-refractivity contribution is -0.217. The van der Waals surface area contributed by atoms with E-state index in [1.165, 1.54) is 0 Å². The molecule has 0 aliphatic carbocycles. The molecule has 0 N–H and O–H groups in total. The first kappa shape index (κ1) is 12.2. The molecule has 0 bridgehead atoms. The van der Waals surface area contributed by atoms with E-state index in [4.69, 9.17) is 8.85 Å². The third-order valence-electron chi connectivity index (χ3n) is 2.70. The van der Waals surface area contributed by atoms with Gasteiger partial charge in [-0.1, -0.05) is 36.4 Å². The van der Waals surface area contributed by atoms with Crippen LogP contribution in [0.5, 0.6) is 0 Å². The lowest BCUT2D eigenvalue weighted by atomic mass is 9.96. The Balaban J connectivity index is 2.62. The van der Waals surface area contributed by atoms with Crippen LogP contribution in [-0.4, -0.2) is 26.8 Å². The molecule has 0 saturated heterocycles. The van der Waals surface area contributed by atoms with Gasteiger partial charge in [0, 0.05) is 0 Å². The molecule has 2 heteroatoms. The fourth-order valence-corrected chi connectivity index (χ4v) is 1.94. The van der Waals surface area contributed by atoms with Crippen LogP contribution < -0.4 is 0 Å². The zero-order chi connectivity index (χ0) is 12.8. The Kier molecular flexibility index (Phi) is 4.02. The van der Waals surface area contributed by atoms with Crippen molar-refractivity contribution in [2.45, 2.75) is 0 Å². The summed E-state index contributed by atoms with van der Waals surface area (Å²) in [6.07, 6.45) is 3.50. The fraction of sp³-hybridized carbons (Fsp3) is 0.125. The molecule has 0 fully saturated rings. The first-order valence-electron chi connectivity index (χ1n) is 5.77. The highest BCUT2D eigenvalue weighted by Gasteiger charge is 2.11. The molecule has 2 aromatic rings. The average Bonchev–Trinajstić information content (AvgIpc) is 2.41. The Hall–Kier alpha value is -2.22. The Morgan fingerprint density at radius 2 is 1.06 bits per heavy atom. The van der Waals surface area contributed by atoms with E-state index in [0.717, 1.165) is 22.3 Å². The smallest absolute Gasteiger partial charge is 0.265 e. The molecule has 18 heavy (non-hydrogen) atoms. The molecule has 0 spiro atoms. The van der Waals surface area contributed by atoms with Crippen LogP contribution in [0.3, 0.4) is 0 Å². The fourth-order valence-electron chi connectivity index (χ4n) is 1.94. The van der Waals surface area contributed by atoms with E-state index in [2.05, 4.69) is 12.1 Å². The van der Waals surface area contributed by atoms with Crippen molar-refractivity contribution in [2.24, 2.45) is 0 Å². The molecular weight excluding hydrogens is 224 g/mol. The summed E-state index contributed by atoms with van der Waals surface area (Å²) in [5, 5.41) is 0. The molecule has 0 atom stereocenters. The van der Waals surface area contributed by atoms with Gasteiger partial charge >= 0.3 is 12.6 Å². The summed E-state index contributed by atoms with van der Waals surface area (Å²) in [4.78, 5) is 0. The van der Waals surface area contributed by atoms with Crippen molar-refractivity contribution in [1.29, 1.82) is 0 Å². The number of carbonyl (C=O) groups excluding carboxylic acids is 2. The van der Waals surface area contributed by atoms with Gasteiger partial charge in [-0.05, 0) is 23.3 Å². The van der Waals surface area contributed by atoms with Crippen LogP contribution in [0.15, 0.2) is 48.5 Å². The second kappa shape index (κ2) is 5.92. The van der Waals surface area contributed by atoms with Crippen LogP contribution in [0.25, 0.3) is 11.1 Å². The second-order valence-electron chi connectivity index (χ2n) is 3.88. The van der Waals surface area contributed by atoms with Crippen molar-refractivity contribution in [1.82, 2.24) is 0 Å². The summed E-state index contributed by atoms with van der Waals surface area (Å²) in [6.45, 7) is 0. The molecule has 2 aromatic carbocycles. The van der Waals surface area contributed by atoms with E-state index in [1.807, 2.05) is 36.4 Å².